The third kappa shape index (κ3) is 9.08. The minimum atomic E-state index is -0.871. The molecule has 1 fully saturated rings. The zero-order chi connectivity index (χ0) is 19.3. The van der Waals surface area contributed by atoms with Crippen molar-refractivity contribution in [2.75, 3.05) is 6.61 Å². The van der Waals surface area contributed by atoms with Crippen LogP contribution in [0.2, 0.25) is 0 Å². The lowest BCUT2D eigenvalue weighted by molar-refractivity contribution is 0.183. The van der Waals surface area contributed by atoms with Crippen molar-refractivity contribution in [1.29, 1.82) is 0 Å². The fourth-order valence-corrected chi connectivity index (χ4v) is 4.28. The van der Waals surface area contributed by atoms with Crippen LogP contribution in [0.4, 0.5) is 4.39 Å². The number of ether oxygens (including phenoxy) is 1. The van der Waals surface area contributed by atoms with Gasteiger partial charge in [-0.05, 0) is 43.2 Å². The van der Waals surface area contributed by atoms with Crippen molar-refractivity contribution < 1.29 is 9.13 Å². The van der Waals surface area contributed by atoms with Gasteiger partial charge in [0.15, 0.2) is 0 Å². The molecule has 1 unspecified atom stereocenters. The molecule has 0 aliphatic heterocycles. The molecule has 2 nitrogen and oxygen atoms in total. The lowest BCUT2D eigenvalue weighted by Crippen LogP contribution is -2.15. The fourth-order valence-electron chi connectivity index (χ4n) is 4.28. The Hall–Kier alpha value is -1.12. The Morgan fingerprint density at radius 1 is 1.00 bits per heavy atom. The lowest BCUT2D eigenvalue weighted by atomic mass is 9.78. The normalized spacial score (nSPS) is 21.1. The van der Waals surface area contributed by atoms with Crippen molar-refractivity contribution in [2.45, 2.75) is 103 Å². The van der Waals surface area contributed by atoms with Crippen molar-refractivity contribution in [3.63, 3.8) is 0 Å². The molecule has 154 valence electrons. The molecule has 1 atom stereocenters. The molecule has 1 aromatic rings. The van der Waals surface area contributed by atoms with Crippen LogP contribution >= 0.6 is 0 Å². The Labute approximate surface area is 166 Å². The molecular weight excluding hydrogens is 337 g/mol. The van der Waals surface area contributed by atoms with Gasteiger partial charge in [0, 0.05) is 5.69 Å². The molecule has 0 aromatic carbocycles. The zero-order valence-electron chi connectivity index (χ0n) is 17.6. The smallest absolute Gasteiger partial charge is 0.137 e. The second-order valence-electron chi connectivity index (χ2n) is 8.46. The topological polar surface area (TPSA) is 22.1 Å². The van der Waals surface area contributed by atoms with E-state index in [1.54, 1.807) is 6.20 Å². The van der Waals surface area contributed by atoms with E-state index in [-0.39, 0.29) is 6.61 Å². The third-order valence-corrected chi connectivity index (χ3v) is 6.07. The van der Waals surface area contributed by atoms with Crippen LogP contribution in [0.15, 0.2) is 18.3 Å². The van der Waals surface area contributed by atoms with Gasteiger partial charge in [-0.3, -0.25) is 4.98 Å². The highest BCUT2D eigenvalue weighted by Gasteiger charge is 2.20. The summed E-state index contributed by atoms with van der Waals surface area (Å²) in [6, 6.07) is 4.00. The van der Waals surface area contributed by atoms with Crippen LogP contribution in [-0.2, 0) is 6.42 Å². The Bertz CT molecular complexity index is 482. The number of pyridine rings is 1. The highest BCUT2D eigenvalue weighted by atomic mass is 19.1. The van der Waals surface area contributed by atoms with Gasteiger partial charge in [-0.25, -0.2) is 4.39 Å². The van der Waals surface area contributed by atoms with Gasteiger partial charge in [0.2, 0.25) is 0 Å². The molecule has 1 aromatic heterocycles. The van der Waals surface area contributed by atoms with Crippen molar-refractivity contribution in [3.8, 4) is 5.75 Å². The maximum absolute atomic E-state index is 13.9. The van der Waals surface area contributed by atoms with Gasteiger partial charge in [-0.1, -0.05) is 78.1 Å². The van der Waals surface area contributed by atoms with E-state index in [9.17, 15) is 4.39 Å². The number of rotatable bonds is 13. The number of nitrogens with zero attached hydrogens (tertiary/aromatic N) is 1. The van der Waals surface area contributed by atoms with E-state index in [2.05, 4.69) is 18.8 Å². The minimum absolute atomic E-state index is 0.147. The molecule has 0 saturated heterocycles. The summed E-state index contributed by atoms with van der Waals surface area (Å²) in [7, 11) is 0. The summed E-state index contributed by atoms with van der Waals surface area (Å²) in [6.07, 6.45) is 16.6. The summed E-state index contributed by atoms with van der Waals surface area (Å²) in [5, 5.41) is 0. The van der Waals surface area contributed by atoms with Gasteiger partial charge < -0.3 is 4.74 Å². The molecule has 0 radical (unpaired) electrons. The number of alkyl halides is 1. The average molecular weight is 378 g/mol. The zero-order valence-corrected chi connectivity index (χ0v) is 17.6. The van der Waals surface area contributed by atoms with Crippen molar-refractivity contribution in [2.24, 2.45) is 11.8 Å². The van der Waals surface area contributed by atoms with E-state index >= 15 is 0 Å². The van der Waals surface area contributed by atoms with Crippen LogP contribution in [0.1, 0.15) is 96.6 Å². The van der Waals surface area contributed by atoms with E-state index in [4.69, 9.17) is 4.74 Å². The summed E-state index contributed by atoms with van der Waals surface area (Å²) in [4.78, 5) is 4.52. The van der Waals surface area contributed by atoms with Gasteiger partial charge in [0.25, 0.3) is 0 Å². The molecule has 0 amide bonds. The molecule has 1 saturated carbocycles. The number of aromatic nitrogens is 1. The van der Waals surface area contributed by atoms with Crippen LogP contribution in [0, 0.1) is 11.8 Å². The second-order valence-corrected chi connectivity index (χ2v) is 8.46. The van der Waals surface area contributed by atoms with Crippen LogP contribution < -0.4 is 4.74 Å². The van der Waals surface area contributed by atoms with Gasteiger partial charge in [-0.2, -0.15) is 0 Å². The molecule has 1 aliphatic rings. The number of hydrogen-bond donors (Lipinski definition) is 0. The number of unbranched alkanes of at least 4 members (excludes halogenated alkanes) is 3. The molecule has 2 rings (SSSR count). The number of halogens is 1. The van der Waals surface area contributed by atoms with Crippen molar-refractivity contribution in [3.05, 3.63) is 24.0 Å². The molecule has 0 spiro atoms. The lowest BCUT2D eigenvalue weighted by Gasteiger charge is -2.28. The fraction of sp³-hybridized carbons (Fsp3) is 0.792. The van der Waals surface area contributed by atoms with Crippen molar-refractivity contribution >= 4 is 0 Å². The monoisotopic (exact) mass is 377 g/mol. The van der Waals surface area contributed by atoms with Gasteiger partial charge in [0.05, 0.1) is 6.20 Å². The van der Waals surface area contributed by atoms with Crippen LogP contribution in [0.25, 0.3) is 0 Å². The molecular formula is C24H40FNO. The quantitative estimate of drug-likeness (QED) is 0.336. The molecule has 3 heteroatoms. The van der Waals surface area contributed by atoms with E-state index in [0.29, 0.717) is 12.2 Å². The first-order valence-corrected chi connectivity index (χ1v) is 11.4. The van der Waals surface area contributed by atoms with Crippen LogP contribution in [0.5, 0.6) is 5.75 Å². The first-order valence-electron chi connectivity index (χ1n) is 11.4. The first-order chi connectivity index (χ1) is 13.2. The number of aryl methyl sites for hydroxylation is 1. The Morgan fingerprint density at radius 2 is 1.74 bits per heavy atom. The van der Waals surface area contributed by atoms with E-state index in [1.165, 1.54) is 57.8 Å². The standard InChI is InChI=1S/C24H40FNO/c1-3-5-6-7-9-22(25)19-27-24-17-16-23(26-18-24)15-14-21-12-10-20(8-4-2)11-13-21/h16-18,20-22H,3-15,19H2,1-2H3/t20-,21-,22?. The highest BCUT2D eigenvalue weighted by molar-refractivity contribution is 5.20. The summed E-state index contributed by atoms with van der Waals surface area (Å²) >= 11 is 0. The first kappa shape index (κ1) is 22.2. The highest BCUT2D eigenvalue weighted by Crippen LogP contribution is 2.33. The summed E-state index contributed by atoms with van der Waals surface area (Å²) in [5.41, 5.74) is 1.13. The Balaban J connectivity index is 1.61. The summed E-state index contributed by atoms with van der Waals surface area (Å²) in [6.45, 7) is 4.62. The minimum Gasteiger partial charge on any atom is -0.489 e. The molecule has 1 heterocycles. The number of hydrogen-bond acceptors (Lipinski definition) is 2. The average Bonchev–Trinajstić information content (AvgIpc) is 2.70. The molecule has 27 heavy (non-hydrogen) atoms. The summed E-state index contributed by atoms with van der Waals surface area (Å²) in [5.74, 6) is 2.54. The summed E-state index contributed by atoms with van der Waals surface area (Å²) < 4.78 is 19.4. The predicted molar refractivity (Wildman–Crippen MR) is 112 cm³/mol. The van der Waals surface area contributed by atoms with Crippen LogP contribution in [-0.4, -0.2) is 17.8 Å². The van der Waals surface area contributed by atoms with Gasteiger partial charge in [0.1, 0.15) is 18.5 Å². The van der Waals surface area contributed by atoms with E-state index in [1.807, 2.05) is 12.1 Å². The second kappa shape index (κ2) is 13.1. The molecule has 1 aliphatic carbocycles. The maximum atomic E-state index is 13.9. The van der Waals surface area contributed by atoms with Crippen LogP contribution in [0.3, 0.4) is 0 Å². The van der Waals surface area contributed by atoms with Gasteiger partial charge >= 0.3 is 0 Å². The van der Waals surface area contributed by atoms with Crippen molar-refractivity contribution in [1.82, 2.24) is 4.98 Å². The third-order valence-electron chi connectivity index (χ3n) is 6.07. The SMILES string of the molecule is CCCCCCC(F)COc1ccc(CC[C@H]2CC[C@H](CCC)CC2)nc1. The molecule has 0 N–H and O–H groups in total. The largest absolute Gasteiger partial charge is 0.489 e. The Morgan fingerprint density at radius 3 is 2.37 bits per heavy atom. The molecule has 0 bridgehead atoms. The maximum Gasteiger partial charge on any atom is 0.137 e. The van der Waals surface area contributed by atoms with E-state index in [0.717, 1.165) is 36.8 Å². The Kier molecular flexibility index (Phi) is 10.8. The van der Waals surface area contributed by atoms with Gasteiger partial charge in [-0.15, -0.1) is 0 Å². The van der Waals surface area contributed by atoms with E-state index < -0.39 is 6.17 Å². The predicted octanol–water partition coefficient (Wildman–Crippen LogP) is 7.31.